The van der Waals surface area contributed by atoms with E-state index in [1.165, 1.54) is 0 Å². The minimum atomic E-state index is -1.47. The van der Waals surface area contributed by atoms with Crippen molar-refractivity contribution in [1.82, 2.24) is 0 Å². The van der Waals surface area contributed by atoms with Gasteiger partial charge in [0.15, 0.2) is 0 Å². The van der Waals surface area contributed by atoms with E-state index >= 15 is 0 Å². The van der Waals surface area contributed by atoms with Crippen molar-refractivity contribution in [1.29, 1.82) is 0 Å². The van der Waals surface area contributed by atoms with Gasteiger partial charge in [-0.3, -0.25) is 0 Å². The SMILES string of the molecule is [B][B]B([B])B(B(B([B])[B])B([B])[B])B(B(B(B([B])[B])B([B])[B])B(B([B])[B])B([B])[B])C(B(B(B([B])[B])B([B])[B])B(B([B])[B])B([B])[B])B(B(B([B])[B])B([B])[B])B(B([B])[B])B([B])[B]. The Morgan fingerprint density at radius 1 is 0.203 bits per heavy atom. The highest BCUT2D eigenvalue weighted by Gasteiger charge is 2.61. The maximum atomic E-state index is 7.01. The maximum Gasteiger partial charge on any atom is 0.0294 e. The van der Waals surface area contributed by atoms with Gasteiger partial charge in [0, 0.05) is 412 Å². The molecule has 0 aliphatic heterocycles. The lowest BCUT2D eigenvalue weighted by Crippen LogP contribution is -2.91. The maximum absolute atomic E-state index is 7.01. The van der Waals surface area contributed by atoms with Gasteiger partial charge in [-0.25, -0.2) is 0 Å². The number of hydrogen-bond acceptors (Lipinski definition) is 0. The van der Waals surface area contributed by atoms with Gasteiger partial charge in [0.05, 0.1) is 0 Å². The summed E-state index contributed by atoms with van der Waals surface area (Å²) in [5.74, 6) is 0. The zero-order chi connectivity index (χ0) is 46.9. The van der Waals surface area contributed by atoms with E-state index in [0.717, 1.165) is 7.06 Å². The first-order chi connectivity index (χ1) is 26.9. The minimum Gasteiger partial charge on any atom is -0.146 e. The van der Waals surface area contributed by atoms with Crippen LogP contribution in [0.25, 0.3) is 0 Å². The summed E-state index contributed by atoms with van der Waals surface area (Å²) in [7, 11) is 198. The van der Waals surface area contributed by atoms with Crippen molar-refractivity contribution < 1.29 is 0 Å². The molecule has 0 heterocycles. The van der Waals surface area contributed by atoms with Gasteiger partial charge in [-0.2, -0.15) is 0 Å². The molecule has 58 heteroatoms. The molecule has 0 nitrogen and oxygen atoms in total. The lowest BCUT2D eigenvalue weighted by Gasteiger charge is -2.59. The largest absolute Gasteiger partial charge is 0.146 e. The predicted octanol–water partition coefficient (Wildman–Crippen LogP) is -21.7. The Morgan fingerprint density at radius 2 is 0.356 bits per heavy atom. The molecule has 0 N–H and O–H groups in total. The highest BCUT2D eigenvalue weighted by atomic mass is 13.7. The van der Waals surface area contributed by atoms with Gasteiger partial charge in [-0.05, 0) is 0 Å². The predicted molar refractivity (Wildman–Crippen MR) is 337 cm³/mol. The molecule has 0 amide bonds. The molecule has 0 fully saturated rings. The molecular weight excluding hydrogens is 639 g/mol. The average Bonchev–Trinajstić information content (AvgIpc) is 3.02. The van der Waals surface area contributed by atoms with Crippen LogP contribution >= 0.6 is 0 Å². The van der Waals surface area contributed by atoms with Gasteiger partial charge in [-0.15, -0.1) is 5.62 Å². The second-order valence-electron chi connectivity index (χ2n) is 16.4. The Hall–Kier alpha value is 3.77. The van der Waals surface area contributed by atoms with Gasteiger partial charge >= 0.3 is 0 Å². The monoisotopic (exact) mass is 652 g/mol. The van der Waals surface area contributed by atoms with E-state index in [2.05, 4.69) is 0 Å². The topological polar surface area (TPSA) is 0 Å². The summed E-state index contributed by atoms with van der Waals surface area (Å²) in [4.78, 5) is 0. The fourth-order valence-corrected chi connectivity index (χ4v) is 10.1. The molecule has 0 aliphatic carbocycles. The molecule has 0 saturated heterocycles. The summed E-state index contributed by atoms with van der Waals surface area (Å²) in [6, 6.07) is 0. The van der Waals surface area contributed by atoms with E-state index in [9.17, 15) is 0 Å². The van der Waals surface area contributed by atoms with Crippen LogP contribution in [-0.4, -0.2) is 412 Å². The van der Waals surface area contributed by atoms with Crippen molar-refractivity contribution in [3.05, 3.63) is 0 Å². The average molecular weight is 640 g/mol. The lowest BCUT2D eigenvalue weighted by molar-refractivity contribution is 1.80. The zero-order valence-corrected chi connectivity index (χ0v) is 34.1. The number of hydrogen-bond donors (Lipinski definition) is 0. The van der Waals surface area contributed by atoms with Gasteiger partial charge < -0.3 is 0 Å². The van der Waals surface area contributed by atoms with E-state index in [1.54, 1.807) is 0 Å². The number of rotatable bonds is 28. The molecule has 61 radical (unpaired) electrons. The molecule has 0 aromatic heterocycles. The standard InChI is InChI=1S/CHB58/c2-32-50(31)55(57(44(19)20)45(21)22)35(56(58(46(23)24)47(25)26)59(48(27)28)49(29)30)1(33(51(36(3)4)37(5)6)52(38(7)8)39(9)10)34(53(40(11)12)41(13)14)54(42(15)16)43(17)18/h1H. The van der Waals surface area contributed by atoms with Crippen molar-refractivity contribution in [2.24, 2.45) is 0 Å². The smallest absolute Gasteiger partial charge is 0.0294 e. The van der Waals surface area contributed by atoms with Crippen LogP contribution in [0.1, 0.15) is 0 Å². The molecule has 0 rings (SSSR count). The van der Waals surface area contributed by atoms with Crippen molar-refractivity contribution in [3.8, 4) is 0 Å². The van der Waals surface area contributed by atoms with Crippen LogP contribution in [0.5, 0.6) is 0 Å². The second kappa shape index (κ2) is 28.9. The van der Waals surface area contributed by atoms with Crippen LogP contribution < -0.4 is 0 Å². The molecule has 0 aliphatic rings. The Kier molecular flexibility index (Phi) is 30.8. The van der Waals surface area contributed by atoms with Crippen molar-refractivity contribution in [2.75, 3.05) is 0 Å². The van der Waals surface area contributed by atoms with E-state index in [-0.39, 0.29) is 0 Å². The minimum absolute atomic E-state index is 1.11. The van der Waals surface area contributed by atoms with E-state index in [1.807, 2.05) is 0 Å². The van der Waals surface area contributed by atoms with Gasteiger partial charge in [0.2, 0.25) is 0 Å². The fraction of sp³-hybridized carbons (Fsp3) is 1.00. The molecule has 0 spiro atoms. The Bertz CT molecular complexity index is 909. The summed E-state index contributed by atoms with van der Waals surface area (Å²) < 4.78 is 0. The highest BCUT2D eigenvalue weighted by molar-refractivity contribution is 8.25. The summed E-state index contributed by atoms with van der Waals surface area (Å²) in [5, 5.41) is 0. The third kappa shape index (κ3) is 17.0. The van der Waals surface area contributed by atoms with Crippen LogP contribution in [0.2, 0.25) is 5.62 Å². The molecule has 0 saturated carbocycles. The third-order valence-electron chi connectivity index (χ3n) is 12.2. The third-order valence-corrected chi connectivity index (χ3v) is 12.2. The summed E-state index contributed by atoms with van der Waals surface area (Å²) >= 11 is 0. The van der Waals surface area contributed by atoms with Gasteiger partial charge in [0.1, 0.15) is 0 Å². The van der Waals surface area contributed by atoms with Crippen molar-refractivity contribution in [3.63, 3.8) is 0 Å². The van der Waals surface area contributed by atoms with E-state index in [0.29, 0.717) is 0 Å². The van der Waals surface area contributed by atoms with E-state index in [4.69, 9.17) is 232 Å². The lowest BCUT2D eigenvalue weighted by atomic mass is 8.31. The zero-order valence-electron chi connectivity index (χ0n) is 34.1. The highest BCUT2D eigenvalue weighted by Crippen LogP contribution is 2.33. The first kappa shape index (κ1) is 62.8. The summed E-state index contributed by atoms with van der Waals surface area (Å²) in [6.07, 6.45) is -33.3. The summed E-state index contributed by atoms with van der Waals surface area (Å²) in [6.45, 7) is -4.23. The Morgan fingerprint density at radius 3 is 0.508 bits per heavy atom. The molecule has 59 heavy (non-hydrogen) atoms. The summed E-state index contributed by atoms with van der Waals surface area (Å²) in [5.41, 5.74) is -1.47. The molecule has 0 atom stereocenters. The quantitative estimate of drug-likeness (QED) is 0.0747. The fourth-order valence-electron chi connectivity index (χ4n) is 10.1. The van der Waals surface area contributed by atoms with Gasteiger partial charge in [0.25, 0.3) is 0 Å². The Balaban J connectivity index is 10.5. The molecule has 0 bridgehead atoms. The van der Waals surface area contributed by atoms with Crippen LogP contribution in [-0.2, 0) is 0 Å². The normalized spacial score (nSPS) is 9.85. The molecule has 0 aromatic carbocycles. The van der Waals surface area contributed by atoms with Crippen molar-refractivity contribution in [2.45, 2.75) is 5.62 Å². The second-order valence-corrected chi connectivity index (χ2v) is 16.4. The first-order valence-electron chi connectivity index (χ1n) is 19.3. The van der Waals surface area contributed by atoms with Gasteiger partial charge in [-0.1, -0.05) is 0 Å². The van der Waals surface area contributed by atoms with Crippen LogP contribution in [0.3, 0.4) is 0 Å². The van der Waals surface area contributed by atoms with Crippen molar-refractivity contribution >= 4 is 412 Å². The van der Waals surface area contributed by atoms with E-state index < -0.39 is 178 Å². The molecule has 179 valence electrons. The molecule has 0 aromatic rings. The molecular formula is CHB58. The molecule has 0 unspecified atom stereocenters. The van der Waals surface area contributed by atoms with Crippen LogP contribution in [0.4, 0.5) is 0 Å². The van der Waals surface area contributed by atoms with Crippen LogP contribution in [0.15, 0.2) is 0 Å². The van der Waals surface area contributed by atoms with Crippen LogP contribution in [0, 0.1) is 0 Å². The first-order valence-corrected chi connectivity index (χ1v) is 19.3. The Labute approximate surface area is 414 Å².